The summed E-state index contributed by atoms with van der Waals surface area (Å²) >= 11 is 0. The normalized spacial score (nSPS) is 25.1. The summed E-state index contributed by atoms with van der Waals surface area (Å²) in [5, 5.41) is 0. The number of nitrogens with zero attached hydrogens (tertiary/aromatic N) is 3. The molecule has 4 nitrogen and oxygen atoms in total. The molecule has 1 atom stereocenters. The predicted molar refractivity (Wildman–Crippen MR) is 103 cm³/mol. The van der Waals surface area contributed by atoms with Crippen molar-refractivity contribution >= 4 is 5.91 Å². The van der Waals surface area contributed by atoms with Crippen molar-refractivity contribution in [1.29, 1.82) is 0 Å². The summed E-state index contributed by atoms with van der Waals surface area (Å²) in [5.41, 5.74) is -0.0488. The molecule has 2 aliphatic rings. The molecule has 1 aromatic rings. The highest BCUT2D eigenvalue weighted by molar-refractivity contribution is 5.76. The van der Waals surface area contributed by atoms with Crippen LogP contribution >= 0.6 is 0 Å². The topological polar surface area (TPSA) is 26.8 Å². The number of halogens is 3. The maximum Gasteiger partial charge on any atom is 0.416 e. The summed E-state index contributed by atoms with van der Waals surface area (Å²) in [6.45, 7) is 7.87. The Morgan fingerprint density at radius 2 is 2.00 bits per heavy atom. The first kappa shape index (κ1) is 20.9. The molecule has 0 bridgehead atoms. The summed E-state index contributed by atoms with van der Waals surface area (Å²) in [5.74, 6) is 0.153. The average molecular weight is 395 g/mol. The monoisotopic (exact) mass is 395 g/mol. The van der Waals surface area contributed by atoms with Crippen molar-refractivity contribution < 1.29 is 18.0 Å². The van der Waals surface area contributed by atoms with E-state index in [9.17, 15) is 18.0 Å². The fraction of sp³-hybridized carbons (Fsp3) is 0.571. The molecule has 1 aromatic carbocycles. The van der Waals surface area contributed by atoms with Gasteiger partial charge in [0.2, 0.25) is 5.91 Å². The molecule has 28 heavy (non-hydrogen) atoms. The second kappa shape index (κ2) is 8.25. The van der Waals surface area contributed by atoms with Crippen LogP contribution in [0.2, 0.25) is 0 Å². The van der Waals surface area contributed by atoms with Gasteiger partial charge in [-0.2, -0.15) is 13.2 Å². The van der Waals surface area contributed by atoms with E-state index in [0.29, 0.717) is 31.6 Å². The van der Waals surface area contributed by atoms with Gasteiger partial charge >= 0.3 is 6.18 Å². The van der Waals surface area contributed by atoms with Crippen molar-refractivity contribution in [2.75, 3.05) is 39.8 Å². The molecule has 0 N–H and O–H groups in total. The lowest BCUT2D eigenvalue weighted by Gasteiger charge is -2.49. The average Bonchev–Trinajstić information content (AvgIpc) is 2.79. The van der Waals surface area contributed by atoms with E-state index in [1.54, 1.807) is 12.1 Å². The van der Waals surface area contributed by atoms with Crippen LogP contribution in [0.3, 0.4) is 0 Å². The van der Waals surface area contributed by atoms with Crippen molar-refractivity contribution in [3.8, 4) is 0 Å². The van der Waals surface area contributed by atoms with E-state index in [1.807, 2.05) is 4.90 Å². The highest BCUT2D eigenvalue weighted by Crippen LogP contribution is 2.33. The van der Waals surface area contributed by atoms with E-state index < -0.39 is 11.7 Å². The maximum absolute atomic E-state index is 13.0. The van der Waals surface area contributed by atoms with Gasteiger partial charge in [-0.3, -0.25) is 14.6 Å². The zero-order valence-electron chi connectivity index (χ0n) is 16.3. The molecule has 0 radical (unpaired) electrons. The number of likely N-dealkylation sites (tertiary alicyclic amines) is 1. The fourth-order valence-corrected chi connectivity index (χ4v) is 4.36. The fourth-order valence-electron chi connectivity index (χ4n) is 4.36. The highest BCUT2D eigenvalue weighted by Gasteiger charge is 2.42. The van der Waals surface area contributed by atoms with E-state index >= 15 is 0 Å². The molecule has 2 aliphatic heterocycles. The number of carbonyl (C=O) groups is 1. The number of rotatable bonds is 4. The molecule has 0 aliphatic carbocycles. The van der Waals surface area contributed by atoms with Gasteiger partial charge in [0.05, 0.1) is 5.56 Å². The first-order chi connectivity index (χ1) is 13.2. The Balaban J connectivity index is 1.72. The Labute approximate surface area is 164 Å². The number of likely N-dealkylation sites (N-methyl/N-ethyl adjacent to an activating group) is 1. The van der Waals surface area contributed by atoms with Crippen LogP contribution in [-0.2, 0) is 17.5 Å². The third-order valence-corrected chi connectivity index (χ3v) is 6.09. The molecule has 1 spiro atoms. The molecule has 1 amide bonds. The molecule has 2 saturated heterocycles. The first-order valence-corrected chi connectivity index (χ1v) is 9.72. The van der Waals surface area contributed by atoms with Gasteiger partial charge in [0.25, 0.3) is 0 Å². The third-order valence-electron chi connectivity index (χ3n) is 6.09. The molecule has 3 rings (SSSR count). The van der Waals surface area contributed by atoms with Crippen molar-refractivity contribution in [3.63, 3.8) is 0 Å². The minimum atomic E-state index is -4.32. The number of hydrogen-bond donors (Lipinski definition) is 0. The van der Waals surface area contributed by atoms with Crippen LogP contribution in [0.5, 0.6) is 0 Å². The quantitative estimate of drug-likeness (QED) is 0.732. The Bertz CT molecular complexity index is 721. The predicted octanol–water partition coefficient (Wildman–Crippen LogP) is 3.39. The Kier molecular flexibility index (Phi) is 6.15. The van der Waals surface area contributed by atoms with Crippen molar-refractivity contribution in [2.24, 2.45) is 0 Å². The molecule has 2 heterocycles. The van der Waals surface area contributed by atoms with Crippen LogP contribution in [0.4, 0.5) is 13.2 Å². The lowest BCUT2D eigenvalue weighted by atomic mass is 9.86. The second-order valence-electron chi connectivity index (χ2n) is 7.93. The lowest BCUT2D eigenvalue weighted by Crippen LogP contribution is -2.60. The Morgan fingerprint density at radius 3 is 2.71 bits per heavy atom. The molecule has 2 fully saturated rings. The van der Waals surface area contributed by atoms with Crippen LogP contribution < -0.4 is 0 Å². The number of alkyl halides is 3. The summed E-state index contributed by atoms with van der Waals surface area (Å²) in [6.07, 6.45) is -0.442. The van der Waals surface area contributed by atoms with E-state index in [0.717, 1.165) is 38.5 Å². The minimum absolute atomic E-state index is 0.120. The number of benzene rings is 1. The zero-order chi connectivity index (χ0) is 20.4. The van der Waals surface area contributed by atoms with Crippen molar-refractivity contribution in [3.05, 3.63) is 48.0 Å². The lowest BCUT2D eigenvalue weighted by molar-refractivity contribution is -0.137. The van der Waals surface area contributed by atoms with Gasteiger partial charge < -0.3 is 4.90 Å². The van der Waals surface area contributed by atoms with E-state index in [-0.39, 0.29) is 11.4 Å². The SMILES string of the molecule is C=CCN1CC[C@]2(CCC1=O)CN(Cc1cccc(C(F)(F)F)c1)CCN2C. The summed E-state index contributed by atoms with van der Waals surface area (Å²) in [6, 6.07) is 5.58. The molecule has 0 saturated carbocycles. The van der Waals surface area contributed by atoms with Gasteiger partial charge in [-0.1, -0.05) is 24.3 Å². The molecule has 0 aromatic heterocycles. The third kappa shape index (κ3) is 4.58. The number of hydrogen-bond acceptors (Lipinski definition) is 3. The summed E-state index contributed by atoms with van der Waals surface area (Å²) < 4.78 is 39.0. The van der Waals surface area contributed by atoms with E-state index in [1.165, 1.54) is 12.1 Å². The first-order valence-electron chi connectivity index (χ1n) is 9.72. The second-order valence-corrected chi connectivity index (χ2v) is 7.93. The zero-order valence-corrected chi connectivity index (χ0v) is 16.3. The van der Waals surface area contributed by atoms with Crippen molar-refractivity contribution in [1.82, 2.24) is 14.7 Å². The molecule has 0 unspecified atom stereocenters. The van der Waals surface area contributed by atoms with Gasteiger partial charge in [-0.15, -0.1) is 6.58 Å². The number of amides is 1. The minimum Gasteiger partial charge on any atom is -0.339 e. The molecular weight excluding hydrogens is 367 g/mol. The van der Waals surface area contributed by atoms with Gasteiger partial charge in [0.1, 0.15) is 0 Å². The Morgan fingerprint density at radius 1 is 1.21 bits per heavy atom. The number of piperazine rings is 1. The van der Waals surface area contributed by atoms with Crippen LogP contribution in [-0.4, -0.2) is 65.9 Å². The van der Waals surface area contributed by atoms with Gasteiger partial charge in [0, 0.05) is 51.2 Å². The largest absolute Gasteiger partial charge is 0.416 e. The van der Waals surface area contributed by atoms with Gasteiger partial charge in [0.15, 0.2) is 0 Å². The van der Waals surface area contributed by atoms with Crippen molar-refractivity contribution in [2.45, 2.75) is 37.5 Å². The van der Waals surface area contributed by atoms with E-state index in [2.05, 4.69) is 23.4 Å². The van der Waals surface area contributed by atoms with E-state index in [4.69, 9.17) is 0 Å². The maximum atomic E-state index is 13.0. The molecule has 7 heteroatoms. The smallest absolute Gasteiger partial charge is 0.339 e. The molecular formula is C21H28F3N3O. The summed E-state index contributed by atoms with van der Waals surface area (Å²) in [7, 11) is 2.09. The van der Waals surface area contributed by atoms with Crippen LogP contribution in [0.1, 0.15) is 30.4 Å². The van der Waals surface area contributed by atoms with Crippen LogP contribution in [0.15, 0.2) is 36.9 Å². The number of carbonyl (C=O) groups excluding carboxylic acids is 1. The molecule has 154 valence electrons. The standard InChI is InChI=1S/C21H28F3N3O/c1-3-10-27-11-9-20(8-7-19(27)28)16-26(13-12-25(20)2)15-17-5-4-6-18(14-17)21(22,23)24/h3-6,14H,1,7-13,15-16H2,2H3/t20-/m1/s1. The van der Waals surface area contributed by atoms with Gasteiger partial charge in [-0.25, -0.2) is 0 Å². The van der Waals surface area contributed by atoms with Crippen LogP contribution in [0, 0.1) is 0 Å². The Hall–Kier alpha value is -1.86. The highest BCUT2D eigenvalue weighted by atomic mass is 19.4. The summed E-state index contributed by atoms with van der Waals surface area (Å²) in [4.78, 5) is 18.8. The van der Waals surface area contributed by atoms with Crippen LogP contribution in [0.25, 0.3) is 0 Å². The van der Waals surface area contributed by atoms with Gasteiger partial charge in [-0.05, 0) is 31.5 Å².